The molecule has 0 fully saturated rings. The number of amides is 1. The number of carbonyl (C=O) groups excluding carboxylic acids is 1. The molecule has 0 saturated heterocycles. The molecule has 1 aromatic carbocycles. The van der Waals surface area contributed by atoms with Crippen LogP contribution in [0.4, 0.5) is 10.5 Å². The third-order valence-corrected chi connectivity index (χ3v) is 2.93. The minimum absolute atomic E-state index is 0.145. The summed E-state index contributed by atoms with van der Waals surface area (Å²) in [6.07, 6.45) is 0.489. The van der Waals surface area contributed by atoms with Gasteiger partial charge in [-0.15, -0.1) is 0 Å². The van der Waals surface area contributed by atoms with Crippen molar-refractivity contribution in [3.63, 3.8) is 0 Å². The molecule has 5 nitrogen and oxygen atoms in total. The topological polar surface area (TPSA) is 56.8 Å². The first-order chi connectivity index (χ1) is 9.78. The minimum atomic E-state index is -0.544. The van der Waals surface area contributed by atoms with Crippen molar-refractivity contribution < 1.29 is 19.0 Å². The average molecular weight is 293 g/mol. The third-order valence-electron chi connectivity index (χ3n) is 2.93. The van der Waals surface area contributed by atoms with Crippen LogP contribution in [0.15, 0.2) is 12.1 Å². The van der Waals surface area contributed by atoms with Gasteiger partial charge in [-0.2, -0.15) is 0 Å². The van der Waals surface area contributed by atoms with Crippen LogP contribution in [0.3, 0.4) is 0 Å². The van der Waals surface area contributed by atoms with Gasteiger partial charge in [0, 0.05) is 18.1 Å². The van der Waals surface area contributed by atoms with Gasteiger partial charge >= 0.3 is 6.09 Å². The summed E-state index contributed by atoms with van der Waals surface area (Å²) in [5.74, 6) is 1.43. The van der Waals surface area contributed by atoms with Crippen molar-refractivity contribution in [2.75, 3.05) is 11.9 Å². The second-order valence-corrected chi connectivity index (χ2v) is 6.15. The number of anilines is 1. The molecule has 1 N–H and O–H groups in total. The zero-order chi connectivity index (χ0) is 15.6. The molecule has 1 unspecified atom stereocenters. The fraction of sp³-hybridized carbons (Fsp3) is 0.562. The second-order valence-electron chi connectivity index (χ2n) is 6.15. The van der Waals surface area contributed by atoms with Crippen LogP contribution in [0.1, 0.15) is 40.2 Å². The van der Waals surface area contributed by atoms with Gasteiger partial charge in [-0.1, -0.05) is 0 Å². The Morgan fingerprint density at radius 2 is 2.14 bits per heavy atom. The van der Waals surface area contributed by atoms with E-state index in [9.17, 15) is 4.79 Å². The molecule has 0 spiro atoms. The van der Waals surface area contributed by atoms with Crippen molar-refractivity contribution in [1.29, 1.82) is 0 Å². The lowest BCUT2D eigenvalue weighted by atomic mass is 10.1. The first kappa shape index (κ1) is 15.5. The van der Waals surface area contributed by atoms with E-state index >= 15 is 0 Å². The maximum absolute atomic E-state index is 11.9. The number of ether oxygens (including phenoxy) is 3. The molecule has 0 aromatic heterocycles. The monoisotopic (exact) mass is 293 g/mol. The number of hydrogen-bond acceptors (Lipinski definition) is 4. The highest BCUT2D eigenvalue weighted by atomic mass is 16.6. The molecule has 0 aliphatic carbocycles. The fourth-order valence-electron chi connectivity index (χ4n) is 2.23. The maximum Gasteiger partial charge on any atom is 0.412 e. The summed E-state index contributed by atoms with van der Waals surface area (Å²) in [5.41, 5.74) is 1.12. The Kier molecular flexibility index (Phi) is 4.30. The van der Waals surface area contributed by atoms with E-state index in [1.807, 2.05) is 40.7 Å². The van der Waals surface area contributed by atoms with E-state index in [4.69, 9.17) is 14.2 Å². The van der Waals surface area contributed by atoms with Gasteiger partial charge < -0.3 is 14.2 Å². The fourth-order valence-corrected chi connectivity index (χ4v) is 2.23. The molecule has 116 valence electrons. The Morgan fingerprint density at radius 1 is 1.43 bits per heavy atom. The predicted octanol–water partition coefficient (Wildman–Crippen LogP) is 3.76. The first-order valence-corrected chi connectivity index (χ1v) is 7.25. The number of hydrogen-bond donors (Lipinski definition) is 1. The lowest BCUT2D eigenvalue weighted by Gasteiger charge is -2.20. The lowest BCUT2D eigenvalue weighted by molar-refractivity contribution is 0.0635. The van der Waals surface area contributed by atoms with Gasteiger partial charge in [0.15, 0.2) is 0 Å². The lowest BCUT2D eigenvalue weighted by Crippen LogP contribution is -2.27. The van der Waals surface area contributed by atoms with E-state index in [-0.39, 0.29) is 6.10 Å². The highest BCUT2D eigenvalue weighted by Gasteiger charge is 2.23. The molecule has 0 radical (unpaired) electrons. The van der Waals surface area contributed by atoms with Crippen molar-refractivity contribution in [3.05, 3.63) is 17.7 Å². The number of rotatable bonds is 3. The Bertz CT molecular complexity index is 534. The van der Waals surface area contributed by atoms with Crippen molar-refractivity contribution in [2.24, 2.45) is 0 Å². The molecule has 1 aliphatic heterocycles. The molecule has 1 amide bonds. The van der Waals surface area contributed by atoms with E-state index in [2.05, 4.69) is 5.32 Å². The van der Waals surface area contributed by atoms with Crippen molar-refractivity contribution in [1.82, 2.24) is 0 Å². The zero-order valence-corrected chi connectivity index (χ0v) is 13.3. The van der Waals surface area contributed by atoms with Gasteiger partial charge in [0.1, 0.15) is 23.2 Å². The van der Waals surface area contributed by atoms with E-state index in [0.29, 0.717) is 18.0 Å². The Labute approximate surface area is 125 Å². The largest absolute Gasteiger partial charge is 0.492 e. The Morgan fingerprint density at radius 3 is 2.76 bits per heavy atom. The highest BCUT2D eigenvalue weighted by Crippen LogP contribution is 2.38. The van der Waals surface area contributed by atoms with Crippen LogP contribution in [0.2, 0.25) is 0 Å². The summed E-state index contributed by atoms with van der Waals surface area (Å²) in [6.45, 7) is 9.92. The van der Waals surface area contributed by atoms with Crippen molar-refractivity contribution in [3.8, 4) is 11.5 Å². The molecule has 21 heavy (non-hydrogen) atoms. The summed E-state index contributed by atoms with van der Waals surface area (Å²) < 4.78 is 16.6. The molecule has 1 aliphatic rings. The Hall–Kier alpha value is -1.91. The average Bonchev–Trinajstić information content (AvgIpc) is 2.66. The van der Waals surface area contributed by atoms with Crippen LogP contribution in [0, 0.1) is 0 Å². The summed E-state index contributed by atoms with van der Waals surface area (Å²) in [7, 11) is 0. The SMILES string of the molecule is CCOc1cc2c(cc1NC(=O)OC(C)(C)C)OC(C)C2. The van der Waals surface area contributed by atoms with Crippen LogP contribution in [0.5, 0.6) is 11.5 Å². The van der Waals surface area contributed by atoms with Gasteiger partial charge in [0.05, 0.1) is 12.3 Å². The summed E-state index contributed by atoms with van der Waals surface area (Å²) in [6, 6.07) is 3.72. The Balaban J connectivity index is 2.21. The number of fused-ring (bicyclic) bond motifs is 1. The van der Waals surface area contributed by atoms with Gasteiger partial charge in [-0.3, -0.25) is 5.32 Å². The second kappa shape index (κ2) is 5.84. The van der Waals surface area contributed by atoms with Gasteiger partial charge in [-0.25, -0.2) is 4.79 Å². The van der Waals surface area contributed by atoms with Crippen molar-refractivity contribution in [2.45, 2.75) is 52.7 Å². The summed E-state index contributed by atoms with van der Waals surface area (Å²) in [4.78, 5) is 11.9. The number of nitrogens with one attached hydrogen (secondary N) is 1. The molecule has 1 atom stereocenters. The minimum Gasteiger partial charge on any atom is -0.492 e. The number of benzene rings is 1. The molecule has 2 rings (SSSR count). The predicted molar refractivity (Wildman–Crippen MR) is 81.3 cm³/mol. The zero-order valence-electron chi connectivity index (χ0n) is 13.3. The molecule has 1 aromatic rings. The molecule has 0 saturated carbocycles. The quantitative estimate of drug-likeness (QED) is 0.922. The highest BCUT2D eigenvalue weighted by molar-refractivity contribution is 5.87. The first-order valence-electron chi connectivity index (χ1n) is 7.25. The molecule has 0 bridgehead atoms. The van der Waals surface area contributed by atoms with Gasteiger partial charge in [-0.05, 0) is 40.7 Å². The molecular formula is C16H23NO4. The summed E-state index contributed by atoms with van der Waals surface area (Å²) >= 11 is 0. The summed E-state index contributed by atoms with van der Waals surface area (Å²) in [5, 5.41) is 2.73. The smallest absolute Gasteiger partial charge is 0.412 e. The van der Waals surface area contributed by atoms with Crippen LogP contribution in [-0.2, 0) is 11.2 Å². The van der Waals surface area contributed by atoms with Gasteiger partial charge in [0.25, 0.3) is 0 Å². The van der Waals surface area contributed by atoms with Crippen LogP contribution in [0.25, 0.3) is 0 Å². The molecular weight excluding hydrogens is 270 g/mol. The van der Waals surface area contributed by atoms with Crippen LogP contribution >= 0.6 is 0 Å². The number of carbonyl (C=O) groups is 1. The van der Waals surface area contributed by atoms with E-state index < -0.39 is 11.7 Å². The van der Waals surface area contributed by atoms with E-state index in [1.165, 1.54) is 0 Å². The third kappa shape index (κ3) is 4.03. The van der Waals surface area contributed by atoms with Crippen molar-refractivity contribution >= 4 is 11.8 Å². The standard InChI is InChI=1S/C16H23NO4/c1-6-19-14-8-11-7-10(2)20-13(11)9-12(14)17-15(18)21-16(3,4)5/h8-10H,6-7H2,1-5H3,(H,17,18). The molecule has 5 heteroatoms. The molecule has 1 heterocycles. The maximum atomic E-state index is 11.9. The van der Waals surface area contributed by atoms with E-state index in [0.717, 1.165) is 17.7 Å². The van der Waals surface area contributed by atoms with Gasteiger partial charge in [0.2, 0.25) is 0 Å². The van der Waals surface area contributed by atoms with Crippen LogP contribution in [-0.4, -0.2) is 24.4 Å². The normalized spacial score (nSPS) is 16.9. The van der Waals surface area contributed by atoms with Crippen LogP contribution < -0.4 is 14.8 Å². The van der Waals surface area contributed by atoms with E-state index in [1.54, 1.807) is 6.07 Å².